The number of aliphatic hydroxyl groups is 1. The van der Waals surface area contributed by atoms with Crippen molar-refractivity contribution in [2.45, 2.75) is 32.2 Å². The lowest BCUT2D eigenvalue weighted by Gasteiger charge is -2.37. The summed E-state index contributed by atoms with van der Waals surface area (Å²) in [7, 11) is 0. The van der Waals surface area contributed by atoms with Gasteiger partial charge < -0.3 is 10.4 Å². The van der Waals surface area contributed by atoms with E-state index in [0.717, 1.165) is 5.39 Å². The number of carbonyl (C=O) groups excluding carboxylic acids is 2. The van der Waals surface area contributed by atoms with E-state index in [1.165, 1.54) is 4.90 Å². The van der Waals surface area contributed by atoms with Crippen molar-refractivity contribution in [2.75, 3.05) is 0 Å². The summed E-state index contributed by atoms with van der Waals surface area (Å²) in [4.78, 5) is 31.1. The zero-order valence-electron chi connectivity index (χ0n) is 13.1. The third-order valence-electron chi connectivity index (χ3n) is 5.15. The van der Waals surface area contributed by atoms with Crippen molar-refractivity contribution in [1.82, 2.24) is 15.2 Å². The van der Waals surface area contributed by atoms with Gasteiger partial charge >= 0.3 is 0 Å². The third kappa shape index (κ3) is 1.49. The van der Waals surface area contributed by atoms with Gasteiger partial charge in [0.05, 0.1) is 11.1 Å². The highest BCUT2D eigenvalue weighted by Gasteiger charge is 2.67. The van der Waals surface area contributed by atoms with E-state index in [0.29, 0.717) is 11.1 Å². The van der Waals surface area contributed by atoms with Gasteiger partial charge in [-0.25, -0.2) is 4.98 Å². The Hall–Kier alpha value is -2.47. The summed E-state index contributed by atoms with van der Waals surface area (Å²) in [5.74, 6) is -2.80. The molecule has 2 N–H and O–H groups in total. The number of nitrogens with one attached hydrogen (secondary N) is 1. The molecule has 1 aromatic carbocycles. The molecule has 1 saturated heterocycles. The molecule has 0 spiro atoms. The van der Waals surface area contributed by atoms with Crippen molar-refractivity contribution in [1.29, 1.82) is 0 Å². The van der Waals surface area contributed by atoms with Crippen LogP contribution in [0.4, 0.5) is 0 Å². The van der Waals surface area contributed by atoms with Crippen LogP contribution >= 0.6 is 0 Å². The fourth-order valence-electron chi connectivity index (χ4n) is 3.49. The first kappa shape index (κ1) is 14.1. The van der Waals surface area contributed by atoms with Gasteiger partial charge in [0.25, 0.3) is 11.8 Å². The molecule has 0 saturated carbocycles. The molecule has 23 heavy (non-hydrogen) atoms. The Bertz CT molecular complexity index is 879. The number of para-hydroxylation sites is 1. The minimum Gasteiger partial charge on any atom is -0.349 e. The van der Waals surface area contributed by atoms with Gasteiger partial charge in [0.15, 0.2) is 0 Å². The smallest absolute Gasteiger partial charge is 0.268 e. The highest BCUT2D eigenvalue weighted by Crippen LogP contribution is 2.47. The maximum absolute atomic E-state index is 12.9. The molecule has 0 aliphatic carbocycles. The van der Waals surface area contributed by atoms with Gasteiger partial charge in [0, 0.05) is 5.39 Å². The Morgan fingerprint density at radius 2 is 1.96 bits per heavy atom. The molecule has 0 radical (unpaired) electrons. The number of aromatic nitrogens is 1. The molecule has 2 aliphatic heterocycles. The van der Waals surface area contributed by atoms with Crippen molar-refractivity contribution in [3.05, 3.63) is 41.6 Å². The average molecular weight is 311 g/mol. The summed E-state index contributed by atoms with van der Waals surface area (Å²) in [6.45, 7) is 5.38. The quantitative estimate of drug-likeness (QED) is 0.832. The first-order valence-electron chi connectivity index (χ1n) is 7.60. The van der Waals surface area contributed by atoms with E-state index in [1.807, 2.05) is 38.1 Å². The van der Waals surface area contributed by atoms with E-state index in [2.05, 4.69) is 10.3 Å². The number of hydrogen-bond acceptors (Lipinski definition) is 4. The van der Waals surface area contributed by atoms with Gasteiger partial charge in [0.2, 0.25) is 5.91 Å². The fraction of sp³-hybridized carbons (Fsp3) is 0.353. The topological polar surface area (TPSA) is 82.5 Å². The number of benzene rings is 1. The Morgan fingerprint density at radius 1 is 1.26 bits per heavy atom. The highest BCUT2D eigenvalue weighted by atomic mass is 16.3. The van der Waals surface area contributed by atoms with Gasteiger partial charge in [-0.1, -0.05) is 32.0 Å². The van der Waals surface area contributed by atoms with E-state index in [-0.39, 0.29) is 23.4 Å². The molecule has 2 amide bonds. The minimum absolute atomic E-state index is 0.163. The predicted molar refractivity (Wildman–Crippen MR) is 83.2 cm³/mol. The summed E-state index contributed by atoms with van der Waals surface area (Å²) in [6, 6.07) is 9.11. The van der Waals surface area contributed by atoms with Crippen LogP contribution in [0.15, 0.2) is 30.3 Å². The largest absolute Gasteiger partial charge is 0.349 e. The lowest BCUT2D eigenvalue weighted by atomic mass is 9.87. The van der Waals surface area contributed by atoms with Gasteiger partial charge in [-0.3, -0.25) is 14.5 Å². The Labute approximate surface area is 133 Å². The molecule has 0 bridgehead atoms. The van der Waals surface area contributed by atoms with Crippen LogP contribution in [0.25, 0.3) is 10.9 Å². The molecule has 2 aliphatic rings. The Morgan fingerprint density at radius 3 is 2.65 bits per heavy atom. The number of fused-ring (bicyclic) bond motifs is 4. The van der Waals surface area contributed by atoms with E-state index < -0.39 is 11.4 Å². The molecule has 6 nitrogen and oxygen atoms in total. The van der Waals surface area contributed by atoms with E-state index in [4.69, 9.17) is 0 Å². The van der Waals surface area contributed by atoms with Crippen molar-refractivity contribution < 1.29 is 14.7 Å². The second kappa shape index (κ2) is 4.08. The monoisotopic (exact) mass is 311 g/mol. The number of rotatable bonds is 1. The number of carbonyl (C=O) groups is 2. The zero-order chi connectivity index (χ0) is 16.6. The van der Waals surface area contributed by atoms with E-state index in [1.54, 1.807) is 13.0 Å². The van der Waals surface area contributed by atoms with Crippen LogP contribution in [-0.4, -0.2) is 32.3 Å². The lowest BCUT2D eigenvalue weighted by molar-refractivity contribution is -0.127. The molecule has 4 rings (SSSR count). The standard InChI is InChI=1S/C17H17N3O3/c1-9(2)16(3)15(22)19-17(23)13-11(14(21)20(16)17)8-10-6-4-5-7-12(10)18-13/h4-9,23H,1-3H3,(H,19,22). The maximum Gasteiger partial charge on any atom is 0.268 e. The fourth-order valence-corrected chi connectivity index (χ4v) is 3.49. The van der Waals surface area contributed by atoms with Crippen LogP contribution in [0.3, 0.4) is 0 Å². The highest BCUT2D eigenvalue weighted by molar-refractivity contribution is 6.08. The normalized spacial score (nSPS) is 29.2. The maximum atomic E-state index is 12.9. The van der Waals surface area contributed by atoms with Crippen molar-refractivity contribution in [3.63, 3.8) is 0 Å². The van der Waals surface area contributed by atoms with Crippen LogP contribution in [-0.2, 0) is 10.6 Å². The molecule has 118 valence electrons. The van der Waals surface area contributed by atoms with Crippen LogP contribution in [0, 0.1) is 5.92 Å². The zero-order valence-corrected chi connectivity index (χ0v) is 13.1. The lowest BCUT2D eigenvalue weighted by Crippen LogP contribution is -2.55. The summed E-state index contributed by atoms with van der Waals surface area (Å²) in [5, 5.41) is 14.5. The van der Waals surface area contributed by atoms with E-state index >= 15 is 0 Å². The molecule has 3 heterocycles. The molecule has 6 heteroatoms. The first-order chi connectivity index (χ1) is 10.8. The molecular weight excluding hydrogens is 294 g/mol. The number of nitrogens with zero attached hydrogens (tertiary/aromatic N) is 2. The number of pyridine rings is 1. The molecule has 2 atom stereocenters. The molecule has 2 aromatic rings. The third-order valence-corrected chi connectivity index (χ3v) is 5.15. The second-order valence-corrected chi connectivity index (χ2v) is 6.65. The second-order valence-electron chi connectivity index (χ2n) is 6.65. The average Bonchev–Trinajstić information content (AvgIpc) is 2.85. The van der Waals surface area contributed by atoms with Gasteiger partial charge in [-0.2, -0.15) is 0 Å². The number of hydrogen-bond donors (Lipinski definition) is 2. The minimum atomic E-state index is -1.88. The van der Waals surface area contributed by atoms with Crippen LogP contribution in [0.1, 0.15) is 36.8 Å². The van der Waals surface area contributed by atoms with Gasteiger partial charge in [0.1, 0.15) is 11.2 Å². The summed E-state index contributed by atoms with van der Waals surface area (Å²) in [5.41, 5.74) is 0.0670. The van der Waals surface area contributed by atoms with Gasteiger partial charge in [-0.15, -0.1) is 0 Å². The predicted octanol–water partition coefficient (Wildman–Crippen LogP) is 1.34. The summed E-state index contributed by atoms with van der Waals surface area (Å²) in [6.07, 6.45) is 0. The first-order valence-corrected chi connectivity index (χ1v) is 7.60. The molecule has 1 aromatic heterocycles. The summed E-state index contributed by atoms with van der Waals surface area (Å²) < 4.78 is 0. The van der Waals surface area contributed by atoms with Crippen molar-refractivity contribution in [2.24, 2.45) is 5.92 Å². The van der Waals surface area contributed by atoms with Crippen LogP contribution < -0.4 is 5.32 Å². The van der Waals surface area contributed by atoms with Crippen LogP contribution in [0.5, 0.6) is 0 Å². The van der Waals surface area contributed by atoms with Gasteiger partial charge in [-0.05, 0) is 25.0 Å². The SMILES string of the molecule is CC(C)C1(C)C(=O)NC2(O)c3nc4ccccc4cc3C(=O)N21. The van der Waals surface area contributed by atoms with Crippen LogP contribution in [0.2, 0.25) is 0 Å². The van der Waals surface area contributed by atoms with E-state index in [9.17, 15) is 14.7 Å². The molecule has 2 unspecified atom stereocenters. The molecule has 1 fully saturated rings. The summed E-state index contributed by atoms with van der Waals surface area (Å²) >= 11 is 0. The van der Waals surface area contributed by atoms with Crippen molar-refractivity contribution >= 4 is 22.7 Å². The van der Waals surface area contributed by atoms with Crippen molar-refractivity contribution in [3.8, 4) is 0 Å². The Kier molecular flexibility index (Phi) is 2.51. The number of amides is 2. The Balaban J connectivity index is 2.01. The molecular formula is C17H17N3O3.